The second-order valence-electron chi connectivity index (χ2n) is 6.69. The van der Waals surface area contributed by atoms with E-state index in [4.69, 9.17) is 21.1 Å². The van der Waals surface area contributed by atoms with Crippen LogP contribution in [-0.2, 0) is 6.42 Å². The number of hydrogen-bond donors (Lipinski definition) is 1. The number of nitrogens with zero attached hydrogens (tertiary/aromatic N) is 1. The number of halogens is 1. The summed E-state index contributed by atoms with van der Waals surface area (Å²) in [5.74, 6) is 1.44. The van der Waals surface area contributed by atoms with Gasteiger partial charge in [-0.1, -0.05) is 29.8 Å². The first kappa shape index (κ1) is 18.4. The third-order valence-corrected chi connectivity index (χ3v) is 5.05. The van der Waals surface area contributed by atoms with Gasteiger partial charge < -0.3 is 14.5 Å². The van der Waals surface area contributed by atoms with E-state index in [9.17, 15) is 0 Å². The SMILES string of the molecule is COc1cc(Cc2c[nH]c3ncccc23)ccc1OC(C)c1ccc(Cl)cc1. The van der Waals surface area contributed by atoms with Gasteiger partial charge in [0.15, 0.2) is 11.5 Å². The van der Waals surface area contributed by atoms with Crippen molar-refractivity contribution in [3.05, 3.63) is 88.7 Å². The highest BCUT2D eigenvalue weighted by molar-refractivity contribution is 6.30. The van der Waals surface area contributed by atoms with E-state index < -0.39 is 0 Å². The molecule has 4 nitrogen and oxygen atoms in total. The summed E-state index contributed by atoms with van der Waals surface area (Å²) in [6.45, 7) is 2.01. The van der Waals surface area contributed by atoms with Crippen molar-refractivity contribution in [2.75, 3.05) is 7.11 Å². The molecule has 2 aromatic carbocycles. The maximum atomic E-state index is 6.14. The molecule has 4 aromatic rings. The molecule has 1 N–H and O–H groups in total. The van der Waals surface area contributed by atoms with Crippen LogP contribution < -0.4 is 9.47 Å². The molecule has 0 amide bonds. The van der Waals surface area contributed by atoms with E-state index in [1.807, 2.05) is 55.6 Å². The molecule has 0 spiro atoms. The predicted octanol–water partition coefficient (Wildman–Crippen LogP) is 5.96. The van der Waals surface area contributed by atoms with E-state index in [0.29, 0.717) is 10.8 Å². The number of methoxy groups -OCH3 is 1. The second kappa shape index (κ2) is 7.95. The first-order chi connectivity index (χ1) is 13.6. The van der Waals surface area contributed by atoms with Crippen LogP contribution in [0.5, 0.6) is 11.5 Å². The number of hydrogen-bond acceptors (Lipinski definition) is 3. The maximum absolute atomic E-state index is 6.14. The largest absolute Gasteiger partial charge is 0.493 e. The second-order valence-corrected chi connectivity index (χ2v) is 7.12. The van der Waals surface area contributed by atoms with E-state index >= 15 is 0 Å². The van der Waals surface area contributed by atoms with E-state index in [1.54, 1.807) is 13.3 Å². The molecule has 0 saturated heterocycles. The van der Waals surface area contributed by atoms with Crippen LogP contribution >= 0.6 is 11.6 Å². The van der Waals surface area contributed by atoms with Crippen LogP contribution in [0, 0.1) is 0 Å². The summed E-state index contributed by atoms with van der Waals surface area (Å²) in [6.07, 6.45) is 4.47. The van der Waals surface area contributed by atoms with Crippen molar-refractivity contribution in [1.82, 2.24) is 9.97 Å². The Morgan fingerprint density at radius 3 is 2.68 bits per heavy atom. The summed E-state index contributed by atoms with van der Waals surface area (Å²) in [6, 6.07) is 17.8. The summed E-state index contributed by atoms with van der Waals surface area (Å²) in [4.78, 5) is 7.57. The number of nitrogens with one attached hydrogen (secondary N) is 1. The Labute approximate surface area is 169 Å². The average molecular weight is 393 g/mol. The van der Waals surface area contributed by atoms with Gasteiger partial charge in [0.05, 0.1) is 7.11 Å². The van der Waals surface area contributed by atoms with Gasteiger partial charge >= 0.3 is 0 Å². The van der Waals surface area contributed by atoms with Gasteiger partial charge in [-0.25, -0.2) is 4.98 Å². The lowest BCUT2D eigenvalue weighted by molar-refractivity contribution is 0.216. The molecule has 0 aliphatic heterocycles. The van der Waals surface area contributed by atoms with Crippen LogP contribution in [0.25, 0.3) is 11.0 Å². The van der Waals surface area contributed by atoms with E-state index in [1.165, 1.54) is 5.56 Å². The molecule has 1 unspecified atom stereocenters. The summed E-state index contributed by atoms with van der Waals surface area (Å²) >= 11 is 5.97. The molecule has 142 valence electrons. The minimum Gasteiger partial charge on any atom is -0.493 e. The molecular weight excluding hydrogens is 372 g/mol. The molecule has 28 heavy (non-hydrogen) atoms. The Bertz CT molecular complexity index is 1090. The number of pyridine rings is 1. The summed E-state index contributed by atoms with van der Waals surface area (Å²) in [7, 11) is 1.66. The maximum Gasteiger partial charge on any atom is 0.162 e. The third kappa shape index (κ3) is 3.82. The smallest absolute Gasteiger partial charge is 0.162 e. The Balaban J connectivity index is 1.55. The fraction of sp³-hybridized carbons (Fsp3) is 0.174. The number of aromatic nitrogens is 2. The normalized spacial score (nSPS) is 12.1. The van der Waals surface area contributed by atoms with Crippen LogP contribution in [0.1, 0.15) is 29.7 Å². The van der Waals surface area contributed by atoms with Gasteiger partial charge in [-0.15, -0.1) is 0 Å². The van der Waals surface area contributed by atoms with Gasteiger partial charge in [-0.05, 0) is 66.4 Å². The van der Waals surface area contributed by atoms with E-state index in [0.717, 1.165) is 34.3 Å². The van der Waals surface area contributed by atoms with Crippen LogP contribution in [0.15, 0.2) is 67.0 Å². The van der Waals surface area contributed by atoms with Crippen molar-refractivity contribution < 1.29 is 9.47 Å². The average Bonchev–Trinajstić information content (AvgIpc) is 3.12. The molecule has 5 heteroatoms. The molecule has 0 aliphatic carbocycles. The summed E-state index contributed by atoms with van der Waals surface area (Å²) < 4.78 is 11.7. The number of fused-ring (bicyclic) bond motifs is 1. The quantitative estimate of drug-likeness (QED) is 0.440. The molecule has 0 saturated carbocycles. The van der Waals surface area contributed by atoms with Gasteiger partial charge in [0.2, 0.25) is 0 Å². The fourth-order valence-corrected chi connectivity index (χ4v) is 3.42. The lowest BCUT2D eigenvalue weighted by atomic mass is 10.0. The zero-order valence-electron chi connectivity index (χ0n) is 15.8. The molecule has 1 atom stereocenters. The monoisotopic (exact) mass is 392 g/mol. The van der Waals surface area contributed by atoms with Crippen LogP contribution in [0.3, 0.4) is 0 Å². The molecule has 0 bridgehead atoms. The molecule has 2 heterocycles. The minimum absolute atomic E-state index is 0.114. The number of rotatable bonds is 6. The molecule has 4 rings (SSSR count). The lowest BCUT2D eigenvalue weighted by Gasteiger charge is -2.18. The number of H-pyrrole nitrogens is 1. The van der Waals surface area contributed by atoms with Gasteiger partial charge in [0.25, 0.3) is 0 Å². The van der Waals surface area contributed by atoms with Crippen LogP contribution in [0.2, 0.25) is 5.02 Å². The fourth-order valence-electron chi connectivity index (χ4n) is 3.29. The minimum atomic E-state index is -0.114. The van der Waals surface area contributed by atoms with Crippen LogP contribution in [-0.4, -0.2) is 17.1 Å². The van der Waals surface area contributed by atoms with Crippen molar-refractivity contribution in [2.24, 2.45) is 0 Å². The van der Waals surface area contributed by atoms with E-state index in [-0.39, 0.29) is 6.10 Å². The zero-order valence-corrected chi connectivity index (χ0v) is 16.5. The highest BCUT2D eigenvalue weighted by Crippen LogP contribution is 2.33. The summed E-state index contributed by atoms with van der Waals surface area (Å²) in [5, 5.41) is 1.85. The highest BCUT2D eigenvalue weighted by Gasteiger charge is 2.13. The van der Waals surface area contributed by atoms with Gasteiger partial charge in [-0.3, -0.25) is 0 Å². The van der Waals surface area contributed by atoms with Crippen molar-refractivity contribution in [3.63, 3.8) is 0 Å². The first-order valence-electron chi connectivity index (χ1n) is 9.14. The topological polar surface area (TPSA) is 47.1 Å². The number of ether oxygens (including phenoxy) is 2. The Morgan fingerprint density at radius 1 is 1.07 bits per heavy atom. The van der Waals surface area contributed by atoms with Gasteiger partial charge in [0.1, 0.15) is 11.8 Å². The molecule has 0 radical (unpaired) electrons. The molecule has 0 aliphatic rings. The summed E-state index contributed by atoms with van der Waals surface area (Å²) in [5.41, 5.74) is 4.31. The first-order valence-corrected chi connectivity index (χ1v) is 9.52. The van der Waals surface area contributed by atoms with Crippen molar-refractivity contribution in [1.29, 1.82) is 0 Å². The Kier molecular flexibility index (Phi) is 5.22. The Morgan fingerprint density at radius 2 is 1.89 bits per heavy atom. The highest BCUT2D eigenvalue weighted by atomic mass is 35.5. The third-order valence-electron chi connectivity index (χ3n) is 4.80. The molecule has 2 aromatic heterocycles. The molecule has 0 fully saturated rings. The molecular formula is C23H21ClN2O2. The van der Waals surface area contributed by atoms with Gasteiger partial charge in [-0.2, -0.15) is 0 Å². The van der Waals surface area contributed by atoms with Crippen molar-refractivity contribution in [2.45, 2.75) is 19.4 Å². The lowest BCUT2D eigenvalue weighted by Crippen LogP contribution is -2.04. The van der Waals surface area contributed by atoms with Crippen LogP contribution in [0.4, 0.5) is 0 Å². The van der Waals surface area contributed by atoms with Gasteiger partial charge in [0, 0.05) is 22.8 Å². The standard InChI is InChI=1S/C23H21ClN2O2/c1-15(17-6-8-19(24)9-7-17)28-21-10-5-16(13-22(21)27-2)12-18-14-26-23-20(18)4-3-11-25-23/h3-11,13-15H,12H2,1-2H3,(H,25,26). The Hall–Kier alpha value is -2.98. The van der Waals surface area contributed by atoms with E-state index in [2.05, 4.69) is 22.1 Å². The predicted molar refractivity (Wildman–Crippen MR) is 112 cm³/mol. The zero-order chi connectivity index (χ0) is 19.5. The van der Waals surface area contributed by atoms with Crippen molar-refractivity contribution in [3.8, 4) is 11.5 Å². The number of aromatic amines is 1. The van der Waals surface area contributed by atoms with Crippen molar-refractivity contribution >= 4 is 22.6 Å². The number of benzene rings is 2.